The van der Waals surface area contributed by atoms with Crippen LogP contribution in [0.25, 0.3) is 11.2 Å². The quantitative estimate of drug-likeness (QED) is 0.726. The predicted molar refractivity (Wildman–Crippen MR) is 79.9 cm³/mol. The fraction of sp³-hybridized carbons (Fsp3) is 0.200. The van der Waals surface area contributed by atoms with Crippen molar-refractivity contribution < 1.29 is 9.15 Å². The van der Waals surface area contributed by atoms with E-state index in [2.05, 4.69) is 25.9 Å². The molecule has 0 spiro atoms. The first-order valence-electron chi connectivity index (χ1n) is 6.32. The Hall–Kier alpha value is -1.88. The zero-order valence-electron chi connectivity index (χ0n) is 11.0. The Morgan fingerprint density at radius 3 is 3.00 bits per heavy atom. The number of aromatic nitrogens is 2. The lowest BCUT2D eigenvalue weighted by atomic mass is 10.2. The Labute approximate surface area is 124 Å². The van der Waals surface area contributed by atoms with E-state index < -0.39 is 0 Å². The number of para-hydroxylation sites is 1. The molecule has 5 heteroatoms. The number of pyridine rings is 1. The molecule has 3 aromatic rings. The van der Waals surface area contributed by atoms with Crippen LogP contribution in [0.4, 0.5) is 0 Å². The van der Waals surface area contributed by atoms with Crippen molar-refractivity contribution in [2.24, 2.45) is 0 Å². The Kier molecular flexibility index (Phi) is 3.69. The van der Waals surface area contributed by atoms with Crippen molar-refractivity contribution in [2.75, 3.05) is 6.61 Å². The largest absolute Gasteiger partial charge is 0.493 e. The van der Waals surface area contributed by atoms with Crippen molar-refractivity contribution in [3.63, 3.8) is 0 Å². The van der Waals surface area contributed by atoms with Gasteiger partial charge >= 0.3 is 0 Å². The SMILES string of the molecule is Cc1ccccc1OCCc1nc2ncc(Br)cc2o1. The van der Waals surface area contributed by atoms with E-state index in [1.54, 1.807) is 6.20 Å². The van der Waals surface area contributed by atoms with Crippen LogP contribution in [0.15, 0.2) is 45.4 Å². The molecule has 0 aliphatic carbocycles. The molecule has 0 saturated heterocycles. The third-order valence-corrected chi connectivity index (χ3v) is 3.36. The van der Waals surface area contributed by atoms with Crippen molar-refractivity contribution >= 4 is 27.2 Å². The standard InChI is InChI=1S/C15H13BrN2O2/c1-10-4-2-3-5-12(10)19-7-6-14-18-15-13(20-14)8-11(16)9-17-15/h2-5,8-9H,6-7H2,1H3. The highest BCUT2D eigenvalue weighted by Crippen LogP contribution is 2.19. The highest BCUT2D eigenvalue weighted by atomic mass is 79.9. The summed E-state index contributed by atoms with van der Waals surface area (Å²) in [6.07, 6.45) is 2.32. The minimum absolute atomic E-state index is 0.527. The minimum atomic E-state index is 0.527. The van der Waals surface area contributed by atoms with E-state index in [1.165, 1.54) is 0 Å². The molecule has 3 rings (SSSR count). The number of fused-ring (bicyclic) bond motifs is 1. The summed E-state index contributed by atoms with van der Waals surface area (Å²) < 4.78 is 12.2. The van der Waals surface area contributed by atoms with Gasteiger partial charge in [-0.2, -0.15) is 4.98 Å². The molecule has 4 nitrogen and oxygen atoms in total. The molecule has 0 bridgehead atoms. The van der Waals surface area contributed by atoms with E-state index in [0.717, 1.165) is 15.8 Å². The molecule has 2 heterocycles. The molecule has 0 radical (unpaired) electrons. The normalized spacial score (nSPS) is 10.9. The number of oxazole rings is 1. The van der Waals surface area contributed by atoms with Crippen LogP contribution >= 0.6 is 15.9 Å². The van der Waals surface area contributed by atoms with Crippen LogP contribution in [-0.4, -0.2) is 16.6 Å². The first-order valence-corrected chi connectivity index (χ1v) is 7.11. The molecule has 1 aromatic carbocycles. The fourth-order valence-corrected chi connectivity index (χ4v) is 2.22. The van der Waals surface area contributed by atoms with Crippen molar-refractivity contribution in [3.05, 3.63) is 52.5 Å². The molecule has 20 heavy (non-hydrogen) atoms. The summed E-state index contributed by atoms with van der Waals surface area (Å²) in [5, 5.41) is 0. The van der Waals surface area contributed by atoms with E-state index >= 15 is 0 Å². The Morgan fingerprint density at radius 2 is 2.15 bits per heavy atom. The summed E-state index contributed by atoms with van der Waals surface area (Å²) in [5.41, 5.74) is 2.43. The lowest BCUT2D eigenvalue weighted by Crippen LogP contribution is -2.02. The monoisotopic (exact) mass is 332 g/mol. The van der Waals surface area contributed by atoms with Gasteiger partial charge in [0.25, 0.3) is 0 Å². The van der Waals surface area contributed by atoms with Gasteiger partial charge in [-0.3, -0.25) is 0 Å². The van der Waals surface area contributed by atoms with Gasteiger partial charge in [0.1, 0.15) is 5.75 Å². The predicted octanol–water partition coefficient (Wildman–Crippen LogP) is 3.92. The maximum Gasteiger partial charge on any atom is 0.200 e. The lowest BCUT2D eigenvalue weighted by molar-refractivity contribution is 0.306. The zero-order chi connectivity index (χ0) is 13.9. The van der Waals surface area contributed by atoms with E-state index in [9.17, 15) is 0 Å². The van der Waals surface area contributed by atoms with Gasteiger partial charge in [0.15, 0.2) is 17.1 Å². The van der Waals surface area contributed by atoms with E-state index in [4.69, 9.17) is 9.15 Å². The Bertz CT molecular complexity index is 740. The number of ether oxygens (including phenoxy) is 1. The highest BCUT2D eigenvalue weighted by Gasteiger charge is 2.07. The van der Waals surface area contributed by atoms with E-state index in [0.29, 0.717) is 30.1 Å². The summed E-state index contributed by atoms with van der Waals surface area (Å²) in [4.78, 5) is 8.52. The number of nitrogens with zero attached hydrogens (tertiary/aromatic N) is 2. The highest BCUT2D eigenvalue weighted by molar-refractivity contribution is 9.10. The van der Waals surface area contributed by atoms with Gasteiger partial charge in [0.2, 0.25) is 0 Å². The van der Waals surface area contributed by atoms with Gasteiger partial charge in [-0.15, -0.1) is 0 Å². The summed E-state index contributed by atoms with van der Waals surface area (Å²) in [7, 11) is 0. The van der Waals surface area contributed by atoms with Crippen LogP contribution in [-0.2, 0) is 6.42 Å². The van der Waals surface area contributed by atoms with Gasteiger partial charge in [-0.25, -0.2) is 4.98 Å². The summed E-state index contributed by atoms with van der Waals surface area (Å²) in [5.74, 6) is 1.53. The van der Waals surface area contributed by atoms with Crippen molar-refractivity contribution in [3.8, 4) is 5.75 Å². The summed E-state index contributed by atoms with van der Waals surface area (Å²) in [6, 6.07) is 9.80. The molecule has 2 aromatic heterocycles. The molecular formula is C15H13BrN2O2. The number of rotatable bonds is 4. The van der Waals surface area contributed by atoms with Crippen LogP contribution in [0.5, 0.6) is 5.75 Å². The molecule has 0 fully saturated rings. The first-order chi connectivity index (χ1) is 9.72. The third kappa shape index (κ3) is 2.82. The number of aryl methyl sites for hydroxylation is 1. The smallest absolute Gasteiger partial charge is 0.200 e. The number of halogens is 1. The van der Waals surface area contributed by atoms with Crippen molar-refractivity contribution in [1.29, 1.82) is 0 Å². The number of benzene rings is 1. The maximum atomic E-state index is 5.73. The van der Waals surface area contributed by atoms with Crippen LogP contribution in [0.3, 0.4) is 0 Å². The van der Waals surface area contributed by atoms with Gasteiger partial charge in [-0.1, -0.05) is 18.2 Å². The van der Waals surface area contributed by atoms with Gasteiger partial charge in [0.05, 0.1) is 13.0 Å². The Morgan fingerprint density at radius 1 is 1.30 bits per heavy atom. The average molecular weight is 333 g/mol. The van der Waals surface area contributed by atoms with Crippen LogP contribution in [0, 0.1) is 6.92 Å². The van der Waals surface area contributed by atoms with Gasteiger partial charge < -0.3 is 9.15 Å². The van der Waals surface area contributed by atoms with E-state index in [1.807, 2.05) is 37.3 Å². The average Bonchev–Trinajstić information content (AvgIpc) is 2.83. The second-order valence-corrected chi connectivity index (χ2v) is 5.36. The van der Waals surface area contributed by atoms with E-state index in [-0.39, 0.29) is 0 Å². The topological polar surface area (TPSA) is 48.2 Å². The van der Waals surface area contributed by atoms with Gasteiger partial charge in [0, 0.05) is 16.7 Å². The second-order valence-electron chi connectivity index (χ2n) is 4.45. The molecule has 102 valence electrons. The Balaban J connectivity index is 1.67. The molecule has 0 amide bonds. The van der Waals surface area contributed by atoms with Gasteiger partial charge in [-0.05, 0) is 34.5 Å². The number of hydrogen-bond donors (Lipinski definition) is 0. The lowest BCUT2D eigenvalue weighted by Gasteiger charge is -2.06. The first kappa shape index (κ1) is 13.1. The van der Waals surface area contributed by atoms with Crippen LogP contribution in [0.1, 0.15) is 11.5 Å². The molecular weight excluding hydrogens is 320 g/mol. The zero-order valence-corrected chi connectivity index (χ0v) is 12.6. The van der Waals surface area contributed by atoms with Crippen LogP contribution in [0.2, 0.25) is 0 Å². The minimum Gasteiger partial charge on any atom is -0.493 e. The van der Waals surface area contributed by atoms with Crippen LogP contribution < -0.4 is 4.74 Å². The molecule has 0 saturated carbocycles. The molecule has 0 atom stereocenters. The third-order valence-electron chi connectivity index (χ3n) is 2.92. The maximum absolute atomic E-state index is 5.73. The molecule has 0 N–H and O–H groups in total. The summed E-state index contributed by atoms with van der Waals surface area (Å²) >= 11 is 3.36. The molecule has 0 aliphatic rings. The molecule has 0 unspecified atom stereocenters. The second kappa shape index (κ2) is 5.63. The van der Waals surface area contributed by atoms with Crippen molar-refractivity contribution in [1.82, 2.24) is 9.97 Å². The fourth-order valence-electron chi connectivity index (χ4n) is 1.91. The molecule has 0 aliphatic heterocycles. The number of hydrogen-bond acceptors (Lipinski definition) is 4. The summed E-state index contributed by atoms with van der Waals surface area (Å²) in [6.45, 7) is 2.55. The van der Waals surface area contributed by atoms with Crippen molar-refractivity contribution in [2.45, 2.75) is 13.3 Å².